The monoisotopic (exact) mass is 467 g/mol. The number of halogens is 1. The van der Waals surface area contributed by atoms with E-state index in [0.717, 1.165) is 28.2 Å². The lowest BCUT2D eigenvalue weighted by Crippen LogP contribution is -2.00. The van der Waals surface area contributed by atoms with Gasteiger partial charge in [0.15, 0.2) is 0 Å². The van der Waals surface area contributed by atoms with E-state index in [0.29, 0.717) is 12.3 Å². The van der Waals surface area contributed by atoms with Crippen LogP contribution in [-0.4, -0.2) is 31.6 Å². The van der Waals surface area contributed by atoms with Gasteiger partial charge in [-0.25, -0.2) is 14.1 Å². The molecule has 1 aliphatic carbocycles. The first-order chi connectivity index (χ1) is 16.7. The number of nitrogens with zero attached hydrogens (tertiary/aromatic N) is 4. The van der Waals surface area contributed by atoms with Crippen molar-refractivity contribution < 1.29 is 9.13 Å². The summed E-state index contributed by atoms with van der Waals surface area (Å²) >= 11 is 1.58. The Bertz CT molecular complexity index is 1520. The molecule has 8 heteroatoms. The summed E-state index contributed by atoms with van der Waals surface area (Å²) < 4.78 is 20.3. The highest BCUT2D eigenvalue weighted by molar-refractivity contribution is 7.11. The fraction of sp³-hybridized carbons (Fsp3) is 0.115. The number of H-pyrrole nitrogens is 1. The molecule has 1 aliphatic rings. The Morgan fingerprint density at radius 2 is 2.06 bits per heavy atom. The van der Waals surface area contributed by atoms with Crippen LogP contribution in [0.25, 0.3) is 22.5 Å². The highest BCUT2D eigenvalue weighted by Gasteiger charge is 2.25. The summed E-state index contributed by atoms with van der Waals surface area (Å²) in [6.45, 7) is 0.921. The van der Waals surface area contributed by atoms with Crippen LogP contribution in [0.4, 0.5) is 4.39 Å². The van der Waals surface area contributed by atoms with E-state index >= 15 is 0 Å². The molecular weight excluding hydrogens is 449 g/mol. The minimum atomic E-state index is -0.287. The predicted molar refractivity (Wildman–Crippen MR) is 128 cm³/mol. The lowest BCUT2D eigenvalue weighted by molar-refractivity contribution is 0.369. The van der Waals surface area contributed by atoms with Gasteiger partial charge in [-0.3, -0.25) is 5.10 Å². The fourth-order valence-electron chi connectivity index (χ4n) is 4.10. The number of rotatable bonds is 5. The van der Waals surface area contributed by atoms with Gasteiger partial charge in [-0.1, -0.05) is 24.0 Å². The molecule has 34 heavy (non-hydrogen) atoms. The van der Waals surface area contributed by atoms with Crippen molar-refractivity contribution >= 4 is 11.3 Å². The van der Waals surface area contributed by atoms with Gasteiger partial charge in [-0.05, 0) is 47.5 Å². The van der Waals surface area contributed by atoms with Gasteiger partial charge in [-0.15, -0.1) is 11.3 Å². The molecule has 0 radical (unpaired) electrons. The Hall–Kier alpha value is -4.22. The third-order valence-electron chi connectivity index (χ3n) is 5.70. The topological polar surface area (TPSA) is 68.6 Å². The molecule has 1 N–H and O–H groups in total. The van der Waals surface area contributed by atoms with Crippen LogP contribution in [-0.2, 0) is 13.0 Å². The number of aromatic nitrogens is 5. The van der Waals surface area contributed by atoms with Crippen molar-refractivity contribution in [3.05, 3.63) is 94.0 Å². The number of ether oxygens (including phenoxy) is 1. The summed E-state index contributed by atoms with van der Waals surface area (Å²) in [4.78, 5) is 4.96. The third kappa shape index (κ3) is 3.98. The number of hydrogen-bond acceptors (Lipinski definition) is 5. The van der Waals surface area contributed by atoms with Gasteiger partial charge in [0.1, 0.15) is 30.8 Å². The summed E-state index contributed by atoms with van der Waals surface area (Å²) in [5.41, 5.74) is 7.98. The normalized spacial score (nSPS) is 11.6. The molecule has 3 heterocycles. The van der Waals surface area contributed by atoms with Crippen LogP contribution in [0.3, 0.4) is 0 Å². The summed E-state index contributed by atoms with van der Waals surface area (Å²) in [6, 6.07) is 14.5. The molecule has 5 aromatic rings. The Labute approximate surface area is 199 Å². The van der Waals surface area contributed by atoms with Gasteiger partial charge >= 0.3 is 0 Å². The number of benzene rings is 2. The maximum Gasteiger partial charge on any atom is 0.149 e. The number of hydrogen-bond donors (Lipinski definition) is 1. The average molecular weight is 468 g/mol. The zero-order valence-corrected chi connectivity index (χ0v) is 18.8. The molecule has 0 saturated heterocycles. The maximum absolute atomic E-state index is 13.0. The lowest BCUT2D eigenvalue weighted by Gasteiger charge is -2.05. The van der Waals surface area contributed by atoms with E-state index in [4.69, 9.17) is 4.74 Å². The van der Waals surface area contributed by atoms with Gasteiger partial charge in [0.05, 0.1) is 22.8 Å². The van der Waals surface area contributed by atoms with Crippen LogP contribution in [0.2, 0.25) is 0 Å². The van der Waals surface area contributed by atoms with E-state index in [9.17, 15) is 4.39 Å². The van der Waals surface area contributed by atoms with Gasteiger partial charge in [-0.2, -0.15) is 10.2 Å². The Morgan fingerprint density at radius 1 is 1.15 bits per heavy atom. The van der Waals surface area contributed by atoms with Crippen LogP contribution in [0.15, 0.2) is 66.6 Å². The summed E-state index contributed by atoms with van der Waals surface area (Å²) in [5.74, 6) is 6.47. The van der Waals surface area contributed by atoms with Crippen molar-refractivity contribution in [2.24, 2.45) is 0 Å². The van der Waals surface area contributed by atoms with Gasteiger partial charge in [0, 0.05) is 28.5 Å². The number of nitrogens with one attached hydrogen (secondary N) is 1. The van der Waals surface area contributed by atoms with E-state index in [2.05, 4.69) is 61.8 Å². The molecule has 6 rings (SSSR count). The predicted octanol–water partition coefficient (Wildman–Crippen LogP) is 4.92. The van der Waals surface area contributed by atoms with Crippen LogP contribution in [0.1, 0.15) is 21.6 Å². The van der Waals surface area contributed by atoms with Crippen molar-refractivity contribution in [3.63, 3.8) is 0 Å². The van der Waals surface area contributed by atoms with Crippen LogP contribution in [0.5, 0.6) is 5.75 Å². The van der Waals surface area contributed by atoms with Gasteiger partial charge in [0.2, 0.25) is 0 Å². The SMILES string of the molecule is Fc1ccc(OCC#Cc2cc(-c3n[nH]c4c3Cc3ccc(Cn5cncn5)cc3-4)cs2)cc1. The van der Waals surface area contributed by atoms with E-state index in [-0.39, 0.29) is 12.4 Å². The van der Waals surface area contributed by atoms with Crippen molar-refractivity contribution in [1.29, 1.82) is 0 Å². The van der Waals surface area contributed by atoms with Crippen molar-refractivity contribution in [3.8, 4) is 40.1 Å². The van der Waals surface area contributed by atoms with Crippen molar-refractivity contribution in [2.75, 3.05) is 6.61 Å². The van der Waals surface area contributed by atoms with E-state index in [1.807, 2.05) is 4.68 Å². The Balaban J connectivity index is 1.17. The minimum Gasteiger partial charge on any atom is -0.481 e. The standard InChI is InChI=1S/C26H18FN5OS/c27-20-5-7-21(8-6-20)33-9-1-2-22-11-19(14-34-22)25-24-12-18-4-3-17(13-32-16-28-15-29-32)10-23(18)26(24)31-30-25/h3-8,10-11,14-16H,9,12-13H2,(H,30,31). The molecular formula is C26H18FN5OS. The van der Waals surface area contributed by atoms with E-state index < -0.39 is 0 Å². The largest absolute Gasteiger partial charge is 0.481 e. The number of thiophene rings is 1. The molecule has 0 fully saturated rings. The fourth-order valence-corrected chi connectivity index (χ4v) is 4.86. The van der Waals surface area contributed by atoms with Crippen molar-refractivity contribution in [1.82, 2.24) is 25.0 Å². The average Bonchev–Trinajstić information content (AvgIpc) is 3.63. The third-order valence-corrected chi connectivity index (χ3v) is 6.54. The zero-order chi connectivity index (χ0) is 22.9. The summed E-state index contributed by atoms with van der Waals surface area (Å²) in [7, 11) is 0. The van der Waals surface area contributed by atoms with Crippen LogP contribution < -0.4 is 4.74 Å². The molecule has 3 aromatic heterocycles. The minimum absolute atomic E-state index is 0.239. The molecule has 0 unspecified atom stereocenters. The highest BCUT2D eigenvalue weighted by Crippen LogP contribution is 2.41. The second kappa shape index (κ2) is 8.61. The number of fused-ring (bicyclic) bond motifs is 3. The smallest absolute Gasteiger partial charge is 0.149 e. The summed E-state index contributed by atoms with van der Waals surface area (Å²) in [6.07, 6.45) is 4.12. The number of aromatic amines is 1. The molecule has 0 bridgehead atoms. The lowest BCUT2D eigenvalue weighted by atomic mass is 10.1. The quantitative estimate of drug-likeness (QED) is 0.366. The first-order valence-corrected chi connectivity index (χ1v) is 11.6. The van der Waals surface area contributed by atoms with Gasteiger partial charge < -0.3 is 4.74 Å². The zero-order valence-electron chi connectivity index (χ0n) is 18.0. The second-order valence-electron chi connectivity index (χ2n) is 7.93. The van der Waals surface area contributed by atoms with Crippen molar-refractivity contribution in [2.45, 2.75) is 13.0 Å². The Morgan fingerprint density at radius 3 is 2.91 bits per heavy atom. The first kappa shape index (κ1) is 20.4. The molecule has 0 saturated carbocycles. The molecule has 166 valence electrons. The molecule has 0 spiro atoms. The van der Waals surface area contributed by atoms with E-state index in [1.165, 1.54) is 34.4 Å². The molecule has 0 atom stereocenters. The maximum atomic E-state index is 13.0. The summed E-state index contributed by atoms with van der Waals surface area (Å²) in [5, 5.41) is 14.1. The molecule has 2 aromatic carbocycles. The molecule has 0 amide bonds. The second-order valence-corrected chi connectivity index (χ2v) is 8.84. The Kier molecular flexibility index (Phi) is 5.17. The molecule has 6 nitrogen and oxygen atoms in total. The first-order valence-electron chi connectivity index (χ1n) is 10.7. The molecule has 0 aliphatic heterocycles. The highest BCUT2D eigenvalue weighted by atomic mass is 32.1. The van der Waals surface area contributed by atoms with E-state index in [1.54, 1.807) is 36.1 Å². The van der Waals surface area contributed by atoms with Crippen LogP contribution in [0, 0.1) is 17.7 Å². The van der Waals surface area contributed by atoms with Gasteiger partial charge in [0.25, 0.3) is 0 Å². The van der Waals surface area contributed by atoms with Crippen LogP contribution >= 0.6 is 11.3 Å².